The number of carbonyl (C=O) groups excluding carboxylic acids is 2. The third-order valence-corrected chi connectivity index (χ3v) is 9.82. The molecule has 2 saturated heterocycles. The molecule has 1 aromatic heterocycles. The minimum Gasteiger partial charge on any atom is -0.373 e. The molecule has 2 aliphatic heterocycles. The third kappa shape index (κ3) is 4.96. The zero-order valence-corrected chi connectivity index (χ0v) is 21.0. The lowest BCUT2D eigenvalue weighted by molar-refractivity contribution is -0.121. The zero-order valence-electron chi connectivity index (χ0n) is 19.4. The zero-order chi connectivity index (χ0) is 23.9. The lowest BCUT2D eigenvalue weighted by atomic mass is 10.1. The van der Waals surface area contributed by atoms with Crippen LogP contribution in [0.25, 0.3) is 0 Å². The highest BCUT2D eigenvalue weighted by Gasteiger charge is 2.38. The van der Waals surface area contributed by atoms with Gasteiger partial charge >= 0.3 is 0 Å². The fourth-order valence-corrected chi connectivity index (χ4v) is 7.98. The average Bonchev–Trinajstić information content (AvgIpc) is 3.33. The van der Waals surface area contributed by atoms with Gasteiger partial charge in [-0.25, -0.2) is 0 Å². The molecule has 0 bridgehead atoms. The lowest BCUT2D eigenvalue weighted by Crippen LogP contribution is -2.58. The summed E-state index contributed by atoms with van der Waals surface area (Å²) in [7, 11) is -3.57. The predicted molar refractivity (Wildman–Crippen MR) is 127 cm³/mol. The Morgan fingerprint density at radius 1 is 1.09 bits per heavy atom. The number of aryl methyl sites for hydroxylation is 1. The maximum Gasteiger partial charge on any atom is 0.282 e. The molecule has 3 aliphatic rings. The summed E-state index contributed by atoms with van der Waals surface area (Å²) in [4.78, 5) is 28.0. The summed E-state index contributed by atoms with van der Waals surface area (Å²) < 4.78 is 34.9. The molecular formula is C21H33N5O5S2. The van der Waals surface area contributed by atoms with Crippen LogP contribution in [0.2, 0.25) is 0 Å². The number of carbonyl (C=O) groups is 2. The van der Waals surface area contributed by atoms with Crippen molar-refractivity contribution < 1.29 is 22.7 Å². The average molecular weight is 500 g/mol. The van der Waals surface area contributed by atoms with E-state index in [4.69, 9.17) is 10.5 Å². The van der Waals surface area contributed by atoms with Crippen molar-refractivity contribution in [1.29, 1.82) is 0 Å². The minimum atomic E-state index is -3.57. The molecule has 0 saturated carbocycles. The Balaban J connectivity index is 1.36. The Labute approximate surface area is 199 Å². The van der Waals surface area contributed by atoms with Crippen LogP contribution >= 0.6 is 11.3 Å². The van der Waals surface area contributed by atoms with Gasteiger partial charge < -0.3 is 15.8 Å². The van der Waals surface area contributed by atoms with Crippen molar-refractivity contribution in [1.82, 2.24) is 13.5 Å². The largest absolute Gasteiger partial charge is 0.373 e. The van der Waals surface area contributed by atoms with Crippen LogP contribution in [-0.4, -0.2) is 91.3 Å². The molecule has 2 fully saturated rings. The number of anilines is 1. The van der Waals surface area contributed by atoms with Gasteiger partial charge in [0.05, 0.1) is 23.8 Å². The van der Waals surface area contributed by atoms with Gasteiger partial charge in [-0.3, -0.25) is 14.5 Å². The van der Waals surface area contributed by atoms with Crippen molar-refractivity contribution in [2.45, 2.75) is 58.3 Å². The van der Waals surface area contributed by atoms with E-state index in [1.54, 1.807) is 6.92 Å². The van der Waals surface area contributed by atoms with Crippen LogP contribution in [0.5, 0.6) is 0 Å². The van der Waals surface area contributed by atoms with E-state index >= 15 is 0 Å². The molecule has 0 radical (unpaired) electrons. The molecule has 10 nitrogen and oxygen atoms in total. The molecule has 3 N–H and O–H groups in total. The molecule has 3 atom stereocenters. The summed E-state index contributed by atoms with van der Waals surface area (Å²) in [6.07, 6.45) is 2.44. The molecule has 1 aliphatic carbocycles. The highest BCUT2D eigenvalue weighted by atomic mass is 32.2. The van der Waals surface area contributed by atoms with Gasteiger partial charge in [0.25, 0.3) is 16.1 Å². The maximum atomic E-state index is 13.1. The smallest absolute Gasteiger partial charge is 0.282 e. The lowest BCUT2D eigenvalue weighted by Gasteiger charge is -2.41. The maximum absolute atomic E-state index is 13.1. The summed E-state index contributed by atoms with van der Waals surface area (Å²) in [6.45, 7) is 7.79. The van der Waals surface area contributed by atoms with Crippen molar-refractivity contribution in [2.75, 3.05) is 44.6 Å². The van der Waals surface area contributed by atoms with E-state index in [0.29, 0.717) is 49.8 Å². The predicted octanol–water partition coefficient (Wildman–Crippen LogP) is 0.634. The van der Waals surface area contributed by atoms with Crippen molar-refractivity contribution in [3.63, 3.8) is 0 Å². The Morgan fingerprint density at radius 3 is 2.33 bits per heavy atom. The second-order valence-electron chi connectivity index (χ2n) is 9.11. The van der Waals surface area contributed by atoms with Crippen LogP contribution in [-0.2, 0) is 32.6 Å². The van der Waals surface area contributed by atoms with E-state index in [1.807, 2.05) is 18.7 Å². The number of hydrogen-bond donors (Lipinski definition) is 2. The quantitative estimate of drug-likeness (QED) is 0.592. The van der Waals surface area contributed by atoms with Gasteiger partial charge in [0.1, 0.15) is 5.00 Å². The number of piperazine rings is 1. The summed E-state index contributed by atoms with van der Waals surface area (Å²) in [5.41, 5.74) is 7.01. The normalized spacial score (nSPS) is 26.2. The second kappa shape index (κ2) is 9.59. The number of amides is 2. The molecule has 3 unspecified atom stereocenters. The Morgan fingerprint density at radius 2 is 1.73 bits per heavy atom. The number of thiophene rings is 1. The number of primary amides is 1. The van der Waals surface area contributed by atoms with Gasteiger partial charge in [0.15, 0.2) is 0 Å². The SMILES string of the molecule is CC1CN(S(=O)(=O)N2CCN(C(C)C(=O)Nc3sc4c(c3C(N)=O)CCC4)CC2)CC(C)O1. The molecule has 184 valence electrons. The molecule has 33 heavy (non-hydrogen) atoms. The molecule has 4 rings (SSSR count). The first kappa shape index (κ1) is 24.6. The van der Waals surface area contributed by atoms with E-state index < -0.39 is 22.2 Å². The summed E-state index contributed by atoms with van der Waals surface area (Å²) >= 11 is 1.43. The monoisotopic (exact) mass is 499 g/mol. The summed E-state index contributed by atoms with van der Waals surface area (Å²) in [5, 5.41) is 3.43. The molecular weight excluding hydrogens is 466 g/mol. The first-order valence-electron chi connectivity index (χ1n) is 11.5. The number of rotatable bonds is 6. The van der Waals surface area contributed by atoms with Crippen LogP contribution in [0.1, 0.15) is 48.0 Å². The third-order valence-electron chi connectivity index (χ3n) is 6.64. The number of ether oxygens (including phenoxy) is 1. The molecule has 2 amide bonds. The van der Waals surface area contributed by atoms with Crippen LogP contribution in [0.15, 0.2) is 0 Å². The van der Waals surface area contributed by atoms with Gasteiger partial charge in [0.2, 0.25) is 5.91 Å². The topological polar surface area (TPSA) is 125 Å². The molecule has 3 heterocycles. The van der Waals surface area contributed by atoms with Crippen molar-refractivity contribution in [2.24, 2.45) is 5.73 Å². The highest BCUT2D eigenvalue weighted by Crippen LogP contribution is 2.39. The van der Waals surface area contributed by atoms with Gasteiger partial charge in [0, 0.05) is 44.1 Å². The molecule has 12 heteroatoms. The van der Waals surface area contributed by atoms with Crippen molar-refractivity contribution in [3.8, 4) is 0 Å². The number of nitrogens with two attached hydrogens (primary N) is 1. The van der Waals surface area contributed by atoms with Gasteiger partial charge in [-0.15, -0.1) is 11.3 Å². The van der Waals surface area contributed by atoms with Crippen LogP contribution in [0.4, 0.5) is 5.00 Å². The highest BCUT2D eigenvalue weighted by molar-refractivity contribution is 7.86. The van der Waals surface area contributed by atoms with Gasteiger partial charge in [-0.1, -0.05) is 0 Å². The van der Waals surface area contributed by atoms with Crippen molar-refractivity contribution >= 4 is 38.4 Å². The molecule has 1 aromatic rings. The first-order valence-corrected chi connectivity index (χ1v) is 13.7. The van der Waals surface area contributed by atoms with E-state index in [9.17, 15) is 18.0 Å². The van der Waals surface area contributed by atoms with E-state index in [-0.39, 0.29) is 18.1 Å². The van der Waals surface area contributed by atoms with Gasteiger partial charge in [-0.2, -0.15) is 17.0 Å². The number of hydrogen-bond acceptors (Lipinski definition) is 7. The first-order chi connectivity index (χ1) is 15.6. The van der Waals surface area contributed by atoms with Gasteiger partial charge in [-0.05, 0) is 45.6 Å². The number of nitrogens with one attached hydrogen (secondary N) is 1. The van der Waals surface area contributed by atoms with E-state index in [1.165, 1.54) is 19.9 Å². The van der Waals surface area contributed by atoms with E-state index in [2.05, 4.69) is 5.32 Å². The molecule has 0 spiro atoms. The minimum absolute atomic E-state index is 0.141. The standard InChI is InChI=1S/C21H33N5O5S2/c1-13-11-26(12-14(2)31-13)33(29,30)25-9-7-24(8-10-25)15(3)20(28)23-21-18(19(22)27)16-5-4-6-17(16)32-21/h13-15H,4-12H2,1-3H3,(H2,22,27)(H,23,28). The Hall–Kier alpha value is -1.57. The summed E-state index contributed by atoms with van der Waals surface area (Å²) in [5.74, 6) is -0.729. The Bertz CT molecular complexity index is 1010. The van der Waals surface area contributed by atoms with E-state index in [0.717, 1.165) is 29.7 Å². The number of morpholine rings is 1. The number of nitrogens with zero attached hydrogens (tertiary/aromatic N) is 3. The van der Waals surface area contributed by atoms with Crippen molar-refractivity contribution in [3.05, 3.63) is 16.0 Å². The number of fused-ring (bicyclic) bond motifs is 1. The summed E-state index contributed by atoms with van der Waals surface area (Å²) in [6, 6.07) is -0.462. The van der Waals surface area contributed by atoms with Crippen LogP contribution < -0.4 is 11.1 Å². The molecule has 0 aromatic carbocycles. The fourth-order valence-electron chi connectivity index (χ4n) is 4.94. The van der Waals surface area contributed by atoms with Crippen LogP contribution in [0.3, 0.4) is 0 Å². The second-order valence-corrected chi connectivity index (χ2v) is 12.1. The fraction of sp³-hybridized carbons (Fsp3) is 0.714. The van der Waals surface area contributed by atoms with Crippen LogP contribution in [0, 0.1) is 0 Å². The Kier molecular flexibility index (Phi) is 7.13.